The topological polar surface area (TPSA) is 157 Å². The van der Waals surface area contributed by atoms with Gasteiger partial charge < -0.3 is 10.2 Å². The van der Waals surface area contributed by atoms with E-state index < -0.39 is 34.4 Å². The molecule has 3 atom stereocenters. The van der Waals surface area contributed by atoms with Crippen molar-refractivity contribution in [2.24, 2.45) is 5.92 Å². The van der Waals surface area contributed by atoms with E-state index in [1.807, 2.05) is 0 Å². The highest BCUT2D eigenvalue weighted by Crippen LogP contribution is 2.30. The molecule has 12 nitrogen and oxygen atoms in total. The summed E-state index contributed by atoms with van der Waals surface area (Å²) in [5, 5.41) is 3.60. The number of fused-ring (bicyclic) bond motifs is 2. The van der Waals surface area contributed by atoms with Crippen LogP contribution in [-0.4, -0.2) is 72.5 Å². The van der Waals surface area contributed by atoms with Gasteiger partial charge >= 0.3 is 16.4 Å². The smallest absolute Gasteiger partial charge is 0.316 e. The lowest BCUT2D eigenvalue weighted by Gasteiger charge is -2.29. The van der Waals surface area contributed by atoms with Crippen molar-refractivity contribution in [2.75, 3.05) is 19.6 Å². The van der Waals surface area contributed by atoms with Crippen LogP contribution in [0.3, 0.4) is 0 Å². The number of hydrazine groups is 1. The molecule has 3 aliphatic heterocycles. The molecule has 3 saturated heterocycles. The van der Waals surface area contributed by atoms with Gasteiger partial charge in [0.05, 0.1) is 12.0 Å². The average Bonchev–Trinajstić information content (AvgIpc) is 3.16. The molecule has 3 rings (SSSR count). The molecule has 1 unspecified atom stereocenters. The Balaban J connectivity index is 1.57. The summed E-state index contributed by atoms with van der Waals surface area (Å²) in [5.41, 5.74) is 4.66. The lowest BCUT2D eigenvalue weighted by molar-refractivity contribution is -0.133. The molecule has 13 heteroatoms. The number of carbonyl (C=O) groups is 3. The number of rotatable bonds is 4. The van der Waals surface area contributed by atoms with E-state index in [4.69, 9.17) is 4.55 Å². The van der Waals surface area contributed by atoms with Gasteiger partial charge in [0.25, 0.3) is 5.91 Å². The van der Waals surface area contributed by atoms with Crippen LogP contribution in [0.5, 0.6) is 0 Å². The second kappa shape index (κ2) is 6.74. The number of hydroxylamine groups is 2. The highest BCUT2D eigenvalue weighted by atomic mass is 32.3. The fourth-order valence-electron chi connectivity index (χ4n) is 3.29. The summed E-state index contributed by atoms with van der Waals surface area (Å²) in [4.78, 5) is 37.5. The predicted octanol–water partition coefficient (Wildman–Crippen LogP) is -2.25. The largest absolute Gasteiger partial charge is 0.418 e. The third kappa shape index (κ3) is 3.84. The molecule has 140 valence electrons. The van der Waals surface area contributed by atoms with Crippen molar-refractivity contribution in [2.45, 2.75) is 31.3 Å². The number of hydrogen-bond donors (Lipinski definition) is 4. The Morgan fingerprint density at radius 1 is 1.20 bits per heavy atom. The normalized spacial score (nSPS) is 29.0. The van der Waals surface area contributed by atoms with Gasteiger partial charge in [0.2, 0.25) is 5.91 Å². The Morgan fingerprint density at radius 3 is 2.56 bits per heavy atom. The lowest BCUT2D eigenvalue weighted by Crippen LogP contribution is -2.55. The van der Waals surface area contributed by atoms with Crippen LogP contribution in [0, 0.1) is 5.92 Å². The number of hydrogen-bond acceptors (Lipinski definition) is 7. The van der Waals surface area contributed by atoms with Crippen molar-refractivity contribution in [1.82, 2.24) is 26.1 Å². The molecular weight excluding hydrogens is 358 g/mol. The predicted molar refractivity (Wildman–Crippen MR) is 80.6 cm³/mol. The van der Waals surface area contributed by atoms with E-state index >= 15 is 0 Å². The van der Waals surface area contributed by atoms with Crippen LogP contribution in [0.2, 0.25) is 0 Å². The first-order chi connectivity index (χ1) is 11.8. The number of urea groups is 1. The molecular formula is C12H19N5O7S. The van der Waals surface area contributed by atoms with E-state index in [0.717, 1.165) is 11.4 Å². The van der Waals surface area contributed by atoms with Gasteiger partial charge in [-0.3, -0.25) is 25.0 Å². The molecule has 2 bridgehead atoms. The second-order valence-electron chi connectivity index (χ2n) is 6.18. The summed E-state index contributed by atoms with van der Waals surface area (Å²) in [6.45, 7) is 1.37. The number of carbonyl (C=O) groups excluding carboxylic acids is 3. The van der Waals surface area contributed by atoms with E-state index in [9.17, 15) is 22.8 Å². The Morgan fingerprint density at radius 2 is 1.92 bits per heavy atom. The lowest BCUT2D eigenvalue weighted by atomic mass is 10.0. The molecule has 3 heterocycles. The molecule has 0 aliphatic carbocycles. The zero-order valence-corrected chi connectivity index (χ0v) is 14.0. The van der Waals surface area contributed by atoms with Crippen molar-refractivity contribution < 1.29 is 31.6 Å². The van der Waals surface area contributed by atoms with Crippen LogP contribution in [-0.2, 0) is 24.3 Å². The maximum absolute atomic E-state index is 12.3. The summed E-state index contributed by atoms with van der Waals surface area (Å²) in [6, 6.07) is -2.26. The van der Waals surface area contributed by atoms with E-state index in [1.165, 1.54) is 0 Å². The van der Waals surface area contributed by atoms with Crippen LogP contribution in [0.25, 0.3) is 0 Å². The van der Waals surface area contributed by atoms with Gasteiger partial charge in [-0.25, -0.2) is 4.79 Å². The summed E-state index contributed by atoms with van der Waals surface area (Å²) < 4.78 is 34.7. The molecule has 0 aromatic carbocycles. The third-order valence-electron chi connectivity index (χ3n) is 4.54. The Kier molecular flexibility index (Phi) is 4.81. The molecule has 25 heavy (non-hydrogen) atoms. The van der Waals surface area contributed by atoms with E-state index in [1.54, 1.807) is 0 Å². The van der Waals surface area contributed by atoms with Crippen molar-refractivity contribution in [1.29, 1.82) is 0 Å². The number of nitrogens with zero attached hydrogens (tertiary/aromatic N) is 2. The fraction of sp³-hybridized carbons (Fsp3) is 0.750. The highest BCUT2D eigenvalue weighted by molar-refractivity contribution is 7.80. The average molecular weight is 377 g/mol. The highest BCUT2D eigenvalue weighted by Gasteiger charge is 2.49. The van der Waals surface area contributed by atoms with Gasteiger partial charge in [-0.15, -0.1) is 4.28 Å². The number of nitrogens with one attached hydrogen (secondary N) is 3. The fourth-order valence-corrected chi connectivity index (χ4v) is 3.68. The minimum Gasteiger partial charge on any atom is -0.316 e. The standard InChI is InChI=1S/C12H19N5O7S/c18-10(7-3-4-13-5-7)14-15-11(19)9-2-1-8-6-16(9)12(20)17(8)24-25(21,22)23/h7-9,13H,1-6H2,(H,14,18)(H,15,19)(H,21,22,23)/t7-,8+,9?/m0/s1. The van der Waals surface area contributed by atoms with Gasteiger partial charge in [0.15, 0.2) is 0 Å². The van der Waals surface area contributed by atoms with Gasteiger partial charge in [0.1, 0.15) is 6.04 Å². The van der Waals surface area contributed by atoms with Crippen molar-refractivity contribution in [3.8, 4) is 0 Å². The summed E-state index contributed by atoms with van der Waals surface area (Å²) in [7, 11) is -4.83. The maximum atomic E-state index is 12.3. The van der Waals surface area contributed by atoms with Crippen LogP contribution >= 0.6 is 0 Å². The van der Waals surface area contributed by atoms with Crippen molar-refractivity contribution >= 4 is 28.2 Å². The van der Waals surface area contributed by atoms with Crippen LogP contribution in [0.1, 0.15) is 19.3 Å². The zero-order chi connectivity index (χ0) is 18.2. The molecule has 3 aliphatic rings. The first-order valence-corrected chi connectivity index (χ1v) is 9.20. The second-order valence-corrected chi connectivity index (χ2v) is 7.18. The zero-order valence-electron chi connectivity index (χ0n) is 13.2. The SMILES string of the molecule is O=C(NNC(=O)[C@H]1CCNC1)C1CC[C@@H]2CN1C(=O)N2OS(=O)(=O)O. The molecule has 4 amide bonds. The van der Waals surface area contributed by atoms with E-state index in [2.05, 4.69) is 20.5 Å². The quantitative estimate of drug-likeness (QED) is 0.316. The van der Waals surface area contributed by atoms with Crippen LogP contribution in [0.15, 0.2) is 0 Å². The summed E-state index contributed by atoms with van der Waals surface area (Å²) in [6.07, 6.45) is 1.27. The number of piperidine rings is 1. The van der Waals surface area contributed by atoms with Gasteiger partial charge in [-0.1, -0.05) is 0 Å². The van der Waals surface area contributed by atoms with Crippen molar-refractivity contribution in [3.05, 3.63) is 0 Å². The molecule has 0 saturated carbocycles. The Labute approximate surface area is 143 Å². The molecule has 0 aromatic rings. The Bertz CT molecular complexity index is 677. The molecule has 3 fully saturated rings. The maximum Gasteiger partial charge on any atom is 0.418 e. The first-order valence-electron chi connectivity index (χ1n) is 7.83. The summed E-state index contributed by atoms with van der Waals surface area (Å²) in [5.74, 6) is -1.10. The molecule has 0 spiro atoms. The Hall–Kier alpha value is -1.96. The van der Waals surface area contributed by atoms with E-state index in [-0.39, 0.29) is 24.8 Å². The minimum atomic E-state index is -4.83. The molecule has 0 radical (unpaired) electrons. The minimum absolute atomic E-state index is 0.0902. The van der Waals surface area contributed by atoms with Gasteiger partial charge in [0, 0.05) is 13.1 Å². The van der Waals surface area contributed by atoms with Gasteiger partial charge in [-0.05, 0) is 25.8 Å². The summed E-state index contributed by atoms with van der Waals surface area (Å²) >= 11 is 0. The van der Waals surface area contributed by atoms with Gasteiger partial charge in [-0.2, -0.15) is 13.5 Å². The van der Waals surface area contributed by atoms with Crippen molar-refractivity contribution in [3.63, 3.8) is 0 Å². The molecule has 4 N–H and O–H groups in total. The monoisotopic (exact) mass is 377 g/mol. The van der Waals surface area contributed by atoms with Crippen LogP contribution in [0.4, 0.5) is 4.79 Å². The first kappa shape index (κ1) is 17.8. The van der Waals surface area contributed by atoms with Crippen LogP contribution < -0.4 is 16.2 Å². The number of amides is 4. The molecule has 0 aromatic heterocycles. The van der Waals surface area contributed by atoms with E-state index in [0.29, 0.717) is 24.4 Å². The third-order valence-corrected chi connectivity index (χ3v) is 4.89.